The summed E-state index contributed by atoms with van der Waals surface area (Å²) in [6, 6.07) is -0.359. The summed E-state index contributed by atoms with van der Waals surface area (Å²) in [6.45, 7) is 3.22. The van der Waals surface area contributed by atoms with Gasteiger partial charge >= 0.3 is 12.0 Å². The van der Waals surface area contributed by atoms with E-state index in [0.29, 0.717) is 25.6 Å². The van der Waals surface area contributed by atoms with Gasteiger partial charge < -0.3 is 14.9 Å². The van der Waals surface area contributed by atoms with Gasteiger partial charge in [-0.25, -0.2) is 9.59 Å². The second-order valence-corrected chi connectivity index (χ2v) is 5.20. The van der Waals surface area contributed by atoms with Gasteiger partial charge in [0.1, 0.15) is 6.04 Å². The smallest absolute Gasteiger partial charge is 0.326 e. The summed E-state index contributed by atoms with van der Waals surface area (Å²) in [5, 5.41) is 9.28. The van der Waals surface area contributed by atoms with Crippen LogP contribution in [-0.2, 0) is 4.79 Å². The van der Waals surface area contributed by atoms with Crippen molar-refractivity contribution in [2.75, 3.05) is 13.1 Å². The van der Waals surface area contributed by atoms with Gasteiger partial charge in [-0.3, -0.25) is 0 Å². The van der Waals surface area contributed by atoms with Crippen molar-refractivity contribution in [3.05, 3.63) is 0 Å². The average molecular weight is 254 g/mol. The van der Waals surface area contributed by atoms with E-state index in [2.05, 4.69) is 0 Å². The van der Waals surface area contributed by atoms with E-state index in [0.717, 1.165) is 32.1 Å². The fraction of sp³-hybridized carbons (Fsp3) is 0.846. The number of urea groups is 1. The van der Waals surface area contributed by atoms with Gasteiger partial charge in [0.15, 0.2) is 0 Å². The lowest BCUT2D eigenvalue weighted by molar-refractivity contribution is -0.142. The Bertz CT molecular complexity index is 328. The minimum atomic E-state index is -0.864. The maximum atomic E-state index is 12.5. The van der Waals surface area contributed by atoms with E-state index >= 15 is 0 Å². The molecule has 1 N–H and O–H groups in total. The van der Waals surface area contributed by atoms with Crippen molar-refractivity contribution in [3.63, 3.8) is 0 Å². The molecule has 0 spiro atoms. The Morgan fingerprint density at radius 2 is 1.94 bits per heavy atom. The molecule has 0 aromatic heterocycles. The van der Waals surface area contributed by atoms with Crippen LogP contribution < -0.4 is 0 Å². The Labute approximate surface area is 108 Å². The molecular formula is C13H22N2O3. The number of carboxylic acids is 1. The van der Waals surface area contributed by atoms with Crippen molar-refractivity contribution >= 4 is 12.0 Å². The number of amides is 2. The highest BCUT2D eigenvalue weighted by atomic mass is 16.4. The van der Waals surface area contributed by atoms with Crippen molar-refractivity contribution in [2.24, 2.45) is 0 Å². The molecule has 0 aromatic carbocycles. The highest BCUT2D eigenvalue weighted by Crippen LogP contribution is 2.29. The molecule has 18 heavy (non-hydrogen) atoms. The number of hydrogen-bond donors (Lipinski definition) is 1. The fourth-order valence-electron chi connectivity index (χ4n) is 2.69. The molecule has 2 amide bonds. The second kappa shape index (κ2) is 5.59. The van der Waals surface area contributed by atoms with E-state index in [1.807, 2.05) is 11.8 Å². The van der Waals surface area contributed by atoms with Gasteiger partial charge in [-0.2, -0.15) is 0 Å². The molecule has 5 nitrogen and oxygen atoms in total. The topological polar surface area (TPSA) is 60.9 Å². The first kappa shape index (κ1) is 13.2. The van der Waals surface area contributed by atoms with Crippen LogP contribution in [0.15, 0.2) is 0 Å². The van der Waals surface area contributed by atoms with E-state index in [9.17, 15) is 14.7 Å². The number of nitrogens with zero attached hydrogens (tertiary/aromatic N) is 2. The van der Waals surface area contributed by atoms with Crippen molar-refractivity contribution in [3.8, 4) is 0 Å². The highest BCUT2D eigenvalue weighted by molar-refractivity contribution is 5.83. The molecule has 102 valence electrons. The van der Waals surface area contributed by atoms with Crippen LogP contribution in [0.4, 0.5) is 4.79 Å². The lowest BCUT2D eigenvalue weighted by Gasteiger charge is -2.32. The lowest BCUT2D eigenvalue weighted by Crippen LogP contribution is -2.51. The first-order valence-corrected chi connectivity index (χ1v) is 6.95. The van der Waals surface area contributed by atoms with Crippen LogP contribution >= 0.6 is 0 Å². The van der Waals surface area contributed by atoms with Gasteiger partial charge in [0.05, 0.1) is 0 Å². The SMILES string of the molecule is CCN(C(=O)N1CCCCCC1C(=O)O)C1CC1. The molecule has 1 heterocycles. The number of rotatable bonds is 3. The van der Waals surface area contributed by atoms with Crippen LogP contribution in [0.25, 0.3) is 0 Å². The van der Waals surface area contributed by atoms with Crippen molar-refractivity contribution in [1.82, 2.24) is 9.80 Å². The van der Waals surface area contributed by atoms with Crippen LogP contribution in [0.5, 0.6) is 0 Å². The monoisotopic (exact) mass is 254 g/mol. The van der Waals surface area contributed by atoms with Crippen LogP contribution in [0.1, 0.15) is 45.4 Å². The molecule has 1 atom stereocenters. The number of likely N-dealkylation sites (tertiary alicyclic amines) is 1. The van der Waals surface area contributed by atoms with Gasteiger partial charge in [0, 0.05) is 19.1 Å². The maximum absolute atomic E-state index is 12.5. The van der Waals surface area contributed by atoms with Gasteiger partial charge in [-0.05, 0) is 32.6 Å². The molecule has 1 aliphatic heterocycles. The summed E-state index contributed by atoms with van der Waals surface area (Å²) in [4.78, 5) is 27.2. The number of carboxylic acid groups (broad SMARTS) is 1. The molecule has 2 rings (SSSR count). The molecule has 0 radical (unpaired) electrons. The highest BCUT2D eigenvalue weighted by Gasteiger charge is 2.38. The van der Waals surface area contributed by atoms with Crippen molar-refractivity contribution < 1.29 is 14.7 Å². The van der Waals surface area contributed by atoms with Gasteiger partial charge in [-0.1, -0.05) is 12.8 Å². The van der Waals surface area contributed by atoms with Gasteiger partial charge in [-0.15, -0.1) is 0 Å². The Morgan fingerprint density at radius 3 is 2.50 bits per heavy atom. The molecule has 5 heteroatoms. The van der Waals surface area contributed by atoms with Crippen LogP contribution in [0.2, 0.25) is 0 Å². The molecular weight excluding hydrogens is 232 g/mol. The molecule has 2 fully saturated rings. The molecule has 1 aliphatic carbocycles. The lowest BCUT2D eigenvalue weighted by atomic mass is 10.1. The van der Waals surface area contributed by atoms with Crippen LogP contribution in [0.3, 0.4) is 0 Å². The summed E-state index contributed by atoms with van der Waals surface area (Å²) in [5.74, 6) is -0.864. The van der Waals surface area contributed by atoms with E-state index in [-0.39, 0.29) is 6.03 Å². The third-order valence-electron chi connectivity index (χ3n) is 3.86. The van der Waals surface area contributed by atoms with Crippen molar-refractivity contribution in [2.45, 2.75) is 57.5 Å². The third kappa shape index (κ3) is 2.76. The molecule has 2 aliphatic rings. The third-order valence-corrected chi connectivity index (χ3v) is 3.86. The quantitative estimate of drug-likeness (QED) is 0.837. The number of aliphatic carboxylic acids is 1. The number of hydrogen-bond acceptors (Lipinski definition) is 2. The molecule has 1 saturated heterocycles. The number of carbonyl (C=O) groups excluding carboxylic acids is 1. The van der Waals surface area contributed by atoms with Crippen LogP contribution in [-0.4, -0.2) is 52.1 Å². The largest absolute Gasteiger partial charge is 0.480 e. The normalized spacial score (nSPS) is 24.5. The zero-order valence-electron chi connectivity index (χ0n) is 11.0. The van der Waals surface area contributed by atoms with E-state index in [1.165, 1.54) is 0 Å². The predicted molar refractivity (Wildman–Crippen MR) is 67.4 cm³/mol. The Morgan fingerprint density at radius 1 is 1.22 bits per heavy atom. The van der Waals surface area contributed by atoms with Crippen LogP contribution in [0, 0.1) is 0 Å². The molecule has 1 unspecified atom stereocenters. The molecule has 0 aromatic rings. The minimum Gasteiger partial charge on any atom is -0.480 e. The fourth-order valence-corrected chi connectivity index (χ4v) is 2.69. The summed E-state index contributed by atoms with van der Waals surface area (Å²) in [7, 11) is 0. The van der Waals surface area contributed by atoms with Crippen molar-refractivity contribution in [1.29, 1.82) is 0 Å². The molecule has 0 bridgehead atoms. The van der Waals surface area contributed by atoms with E-state index in [4.69, 9.17) is 0 Å². The minimum absolute atomic E-state index is 0.0747. The zero-order chi connectivity index (χ0) is 13.1. The standard InChI is InChI=1S/C13H22N2O3/c1-2-14(10-7-8-10)13(18)15-9-5-3-4-6-11(15)12(16)17/h10-11H,2-9H2,1H3,(H,16,17). The summed E-state index contributed by atoms with van der Waals surface area (Å²) in [5.41, 5.74) is 0. The first-order chi connectivity index (χ1) is 8.65. The van der Waals surface area contributed by atoms with Gasteiger partial charge in [0.2, 0.25) is 0 Å². The average Bonchev–Trinajstić information content (AvgIpc) is 3.15. The zero-order valence-corrected chi connectivity index (χ0v) is 11.0. The Kier molecular flexibility index (Phi) is 4.09. The summed E-state index contributed by atoms with van der Waals surface area (Å²) < 4.78 is 0. The number of carbonyl (C=O) groups is 2. The maximum Gasteiger partial charge on any atom is 0.326 e. The molecule has 1 saturated carbocycles. The van der Waals surface area contributed by atoms with E-state index in [1.54, 1.807) is 4.90 Å². The predicted octanol–water partition coefficient (Wildman–Crippen LogP) is 1.92. The second-order valence-electron chi connectivity index (χ2n) is 5.20. The summed E-state index contributed by atoms with van der Waals surface area (Å²) >= 11 is 0. The van der Waals surface area contributed by atoms with Gasteiger partial charge in [0.25, 0.3) is 0 Å². The Hall–Kier alpha value is -1.26. The Balaban J connectivity index is 2.10. The van der Waals surface area contributed by atoms with E-state index < -0.39 is 12.0 Å². The summed E-state index contributed by atoms with van der Waals surface area (Å²) in [6.07, 6.45) is 5.54. The first-order valence-electron chi connectivity index (χ1n) is 6.95.